The van der Waals surface area contributed by atoms with Gasteiger partial charge in [-0.15, -0.1) is 0 Å². The van der Waals surface area contributed by atoms with E-state index in [9.17, 15) is 4.79 Å². The van der Waals surface area contributed by atoms with Gasteiger partial charge in [0.15, 0.2) is 0 Å². The van der Waals surface area contributed by atoms with E-state index in [1.807, 2.05) is 26.0 Å². The number of carbonyl (C=O) groups is 1. The van der Waals surface area contributed by atoms with Crippen LogP contribution in [0.3, 0.4) is 0 Å². The van der Waals surface area contributed by atoms with Gasteiger partial charge in [-0.2, -0.15) is 0 Å². The molecule has 1 aromatic heterocycles. The minimum atomic E-state index is -0.135. The van der Waals surface area contributed by atoms with E-state index in [0.717, 1.165) is 12.0 Å². The Balaban J connectivity index is 2.62. The molecular weight excluding hydrogens is 164 g/mol. The molecule has 0 aliphatic rings. The van der Waals surface area contributed by atoms with Crippen molar-refractivity contribution in [1.29, 1.82) is 0 Å². The van der Waals surface area contributed by atoms with Crippen LogP contribution in [-0.4, -0.2) is 17.3 Å². The van der Waals surface area contributed by atoms with E-state index in [-0.39, 0.29) is 12.0 Å². The number of hydrogen-bond acceptors (Lipinski definition) is 3. The molecule has 70 valence electrons. The maximum Gasteiger partial charge on any atom is 0.142 e. The van der Waals surface area contributed by atoms with Gasteiger partial charge in [-0.1, -0.05) is 13.8 Å². The molecule has 0 radical (unpaired) electrons. The largest absolute Gasteiger partial charge is 0.374 e. The smallest absolute Gasteiger partial charge is 0.142 e. The topological polar surface area (TPSA) is 42.0 Å². The van der Waals surface area contributed by atoms with E-state index in [1.54, 1.807) is 12.4 Å². The van der Waals surface area contributed by atoms with Gasteiger partial charge in [-0.3, -0.25) is 4.98 Å². The molecule has 1 N–H and O–H groups in total. The Morgan fingerprint density at radius 1 is 1.54 bits per heavy atom. The van der Waals surface area contributed by atoms with E-state index in [1.165, 1.54) is 0 Å². The Hall–Kier alpha value is -1.38. The lowest BCUT2D eigenvalue weighted by atomic mass is 10.1. The van der Waals surface area contributed by atoms with Gasteiger partial charge in [0, 0.05) is 12.4 Å². The quantitative estimate of drug-likeness (QED) is 0.714. The Bertz CT molecular complexity index is 259. The molecule has 0 saturated carbocycles. The average molecular weight is 178 g/mol. The fourth-order valence-electron chi connectivity index (χ4n) is 0.998. The molecule has 0 amide bonds. The van der Waals surface area contributed by atoms with Gasteiger partial charge in [0.25, 0.3) is 0 Å². The van der Waals surface area contributed by atoms with Crippen LogP contribution in [0.1, 0.15) is 13.8 Å². The second-order valence-electron chi connectivity index (χ2n) is 3.29. The van der Waals surface area contributed by atoms with Gasteiger partial charge in [-0.25, -0.2) is 0 Å². The molecule has 1 heterocycles. The first-order valence-electron chi connectivity index (χ1n) is 4.36. The predicted molar refractivity (Wildman–Crippen MR) is 52.5 cm³/mol. The molecule has 0 aliphatic carbocycles. The van der Waals surface area contributed by atoms with Gasteiger partial charge >= 0.3 is 0 Å². The summed E-state index contributed by atoms with van der Waals surface area (Å²) in [6.45, 7) is 4.00. The minimum Gasteiger partial charge on any atom is -0.374 e. The van der Waals surface area contributed by atoms with Crippen molar-refractivity contribution >= 4 is 12.0 Å². The van der Waals surface area contributed by atoms with E-state index in [4.69, 9.17) is 0 Å². The molecule has 0 fully saturated rings. The Morgan fingerprint density at radius 2 is 2.31 bits per heavy atom. The Labute approximate surface area is 78.2 Å². The highest BCUT2D eigenvalue weighted by atomic mass is 16.1. The number of anilines is 1. The molecule has 1 aromatic rings. The first-order valence-corrected chi connectivity index (χ1v) is 4.36. The summed E-state index contributed by atoms with van der Waals surface area (Å²) in [5.41, 5.74) is 0.883. The van der Waals surface area contributed by atoms with Crippen molar-refractivity contribution in [3.63, 3.8) is 0 Å². The van der Waals surface area contributed by atoms with Gasteiger partial charge in [-0.05, 0) is 18.1 Å². The van der Waals surface area contributed by atoms with Crippen LogP contribution >= 0.6 is 0 Å². The van der Waals surface area contributed by atoms with Crippen LogP contribution in [-0.2, 0) is 4.79 Å². The third-order valence-electron chi connectivity index (χ3n) is 1.86. The maximum absolute atomic E-state index is 10.7. The van der Waals surface area contributed by atoms with Crippen molar-refractivity contribution in [2.75, 3.05) is 5.32 Å². The molecule has 1 atom stereocenters. The Kier molecular flexibility index (Phi) is 3.43. The Morgan fingerprint density at radius 3 is 2.77 bits per heavy atom. The lowest BCUT2D eigenvalue weighted by Gasteiger charge is -2.16. The number of rotatable bonds is 4. The normalized spacial score (nSPS) is 12.5. The van der Waals surface area contributed by atoms with Gasteiger partial charge in [0.1, 0.15) is 6.29 Å². The van der Waals surface area contributed by atoms with Crippen LogP contribution in [0.5, 0.6) is 0 Å². The summed E-state index contributed by atoms with van der Waals surface area (Å²) in [4.78, 5) is 14.6. The summed E-state index contributed by atoms with van der Waals surface area (Å²) >= 11 is 0. The first kappa shape index (κ1) is 9.71. The number of pyridine rings is 1. The lowest BCUT2D eigenvalue weighted by Crippen LogP contribution is -2.26. The van der Waals surface area contributed by atoms with E-state index >= 15 is 0 Å². The molecule has 0 spiro atoms. The number of aldehydes is 1. The molecule has 0 bridgehead atoms. The highest BCUT2D eigenvalue weighted by Gasteiger charge is 2.10. The summed E-state index contributed by atoms with van der Waals surface area (Å²) in [5, 5.41) is 3.10. The van der Waals surface area contributed by atoms with Crippen molar-refractivity contribution in [2.24, 2.45) is 5.92 Å². The zero-order valence-corrected chi connectivity index (χ0v) is 7.90. The lowest BCUT2D eigenvalue weighted by molar-refractivity contribution is -0.109. The van der Waals surface area contributed by atoms with Crippen molar-refractivity contribution in [1.82, 2.24) is 4.98 Å². The van der Waals surface area contributed by atoms with Crippen molar-refractivity contribution in [2.45, 2.75) is 19.9 Å². The van der Waals surface area contributed by atoms with Gasteiger partial charge in [0.05, 0.1) is 11.7 Å². The average Bonchev–Trinajstić information content (AvgIpc) is 2.15. The van der Waals surface area contributed by atoms with E-state index in [2.05, 4.69) is 10.3 Å². The molecule has 0 saturated heterocycles. The number of carbonyl (C=O) groups excluding carboxylic acids is 1. The number of nitrogens with one attached hydrogen (secondary N) is 1. The molecule has 3 nitrogen and oxygen atoms in total. The third-order valence-corrected chi connectivity index (χ3v) is 1.86. The van der Waals surface area contributed by atoms with Crippen molar-refractivity contribution in [3.8, 4) is 0 Å². The second-order valence-corrected chi connectivity index (χ2v) is 3.29. The van der Waals surface area contributed by atoms with Gasteiger partial charge in [0.2, 0.25) is 0 Å². The molecule has 3 heteroatoms. The molecule has 0 aromatic carbocycles. The highest BCUT2D eigenvalue weighted by Crippen LogP contribution is 2.09. The molecule has 0 aliphatic heterocycles. The summed E-state index contributed by atoms with van der Waals surface area (Å²) < 4.78 is 0. The van der Waals surface area contributed by atoms with Crippen LogP contribution in [0.25, 0.3) is 0 Å². The number of nitrogens with zero attached hydrogens (tertiary/aromatic N) is 1. The fraction of sp³-hybridized carbons (Fsp3) is 0.400. The molecular formula is C10H14N2O. The molecule has 0 unspecified atom stereocenters. The summed E-state index contributed by atoms with van der Waals surface area (Å²) in [6.07, 6.45) is 4.34. The van der Waals surface area contributed by atoms with E-state index < -0.39 is 0 Å². The summed E-state index contributed by atoms with van der Waals surface area (Å²) in [5.74, 6) is 0.290. The molecule has 13 heavy (non-hydrogen) atoms. The number of aromatic nitrogens is 1. The van der Waals surface area contributed by atoms with Crippen LogP contribution in [0, 0.1) is 5.92 Å². The fourth-order valence-corrected chi connectivity index (χ4v) is 0.998. The standard InChI is InChI=1S/C10H14N2O/c1-8(2)10(7-13)12-9-4-3-5-11-6-9/h3-8,10,12H,1-2H3/t10-/m1/s1. The molecule has 1 rings (SSSR count). The number of hydrogen-bond donors (Lipinski definition) is 1. The van der Waals surface area contributed by atoms with Crippen LogP contribution in [0.2, 0.25) is 0 Å². The predicted octanol–water partition coefficient (Wildman–Crippen LogP) is 1.72. The minimum absolute atomic E-state index is 0.135. The van der Waals surface area contributed by atoms with Crippen LogP contribution in [0.15, 0.2) is 24.5 Å². The van der Waals surface area contributed by atoms with Crippen molar-refractivity contribution < 1.29 is 4.79 Å². The van der Waals surface area contributed by atoms with E-state index in [0.29, 0.717) is 0 Å². The third kappa shape index (κ3) is 2.86. The maximum atomic E-state index is 10.7. The zero-order chi connectivity index (χ0) is 9.68. The SMILES string of the molecule is CC(C)[C@@H](C=O)Nc1cccnc1. The highest BCUT2D eigenvalue weighted by molar-refractivity contribution is 5.64. The van der Waals surface area contributed by atoms with Crippen molar-refractivity contribution in [3.05, 3.63) is 24.5 Å². The summed E-state index contributed by atoms with van der Waals surface area (Å²) in [7, 11) is 0. The van der Waals surface area contributed by atoms with Crippen LogP contribution in [0.4, 0.5) is 5.69 Å². The summed E-state index contributed by atoms with van der Waals surface area (Å²) in [6, 6.07) is 3.60. The van der Waals surface area contributed by atoms with Gasteiger partial charge < -0.3 is 10.1 Å². The first-order chi connectivity index (χ1) is 6.24. The zero-order valence-electron chi connectivity index (χ0n) is 7.90. The monoisotopic (exact) mass is 178 g/mol. The van der Waals surface area contributed by atoms with Crippen LogP contribution < -0.4 is 5.32 Å². The second kappa shape index (κ2) is 4.60.